The van der Waals surface area contributed by atoms with E-state index in [-0.39, 0.29) is 0 Å². The average molecular weight is 437 g/mol. The van der Waals surface area contributed by atoms with E-state index in [1.54, 1.807) is 0 Å². The topological polar surface area (TPSA) is 70.1 Å². The van der Waals surface area contributed by atoms with Crippen LogP contribution in [0.5, 0.6) is 0 Å². The Morgan fingerprint density at radius 1 is 1.31 bits per heavy atom. The first-order chi connectivity index (χ1) is 13.3. The number of hydrogen-bond donors (Lipinski definition) is 0. The summed E-state index contributed by atoms with van der Waals surface area (Å²) in [5, 5.41) is 12.4. The van der Waals surface area contributed by atoms with Crippen molar-refractivity contribution in [2.24, 2.45) is 4.99 Å². The molecule has 0 spiro atoms. The zero-order valence-electron chi connectivity index (χ0n) is 14.8. The molecule has 0 unspecified atom stereocenters. The van der Waals surface area contributed by atoms with Gasteiger partial charge in [-0.1, -0.05) is 18.2 Å². The summed E-state index contributed by atoms with van der Waals surface area (Å²) < 4.78 is 78.8. The molecule has 0 fully saturated rings. The van der Waals surface area contributed by atoms with Crippen LogP contribution in [0.3, 0.4) is 0 Å². The van der Waals surface area contributed by atoms with Gasteiger partial charge in [0.2, 0.25) is 0 Å². The van der Waals surface area contributed by atoms with Gasteiger partial charge in [0.05, 0.1) is 28.1 Å². The van der Waals surface area contributed by atoms with Crippen molar-refractivity contribution in [3.05, 3.63) is 40.7 Å². The number of aromatic nitrogens is 3. The van der Waals surface area contributed by atoms with E-state index in [1.165, 1.54) is 25.1 Å². The Kier molecular flexibility index (Phi) is 5.94. The maximum absolute atomic E-state index is 13.2. The molecule has 2 heterocycles. The van der Waals surface area contributed by atoms with Crippen LogP contribution in [0.4, 0.5) is 32.2 Å². The Morgan fingerprint density at radius 2 is 1.93 bits per heavy atom. The molecule has 0 aliphatic heterocycles. The van der Waals surface area contributed by atoms with Gasteiger partial charge in [0, 0.05) is 20.3 Å². The van der Waals surface area contributed by atoms with Crippen LogP contribution >= 0.6 is 11.6 Å². The van der Waals surface area contributed by atoms with Gasteiger partial charge < -0.3 is 4.90 Å². The van der Waals surface area contributed by atoms with Crippen molar-refractivity contribution in [2.75, 3.05) is 14.1 Å². The van der Waals surface area contributed by atoms with Crippen LogP contribution in [-0.4, -0.2) is 46.3 Å². The van der Waals surface area contributed by atoms with Crippen LogP contribution in [0.1, 0.15) is 16.8 Å². The first-order valence-electron chi connectivity index (χ1n) is 7.50. The number of pyridine rings is 1. The lowest BCUT2D eigenvalue weighted by Gasteiger charge is -2.12. The summed E-state index contributed by atoms with van der Waals surface area (Å²) in [6.45, 7) is 2.95. The molecule has 6 nitrogen and oxygen atoms in total. The molecule has 0 amide bonds. The third-order valence-corrected chi connectivity index (χ3v) is 3.65. The van der Waals surface area contributed by atoms with Crippen molar-refractivity contribution in [3.8, 4) is 11.9 Å². The van der Waals surface area contributed by atoms with Crippen LogP contribution in [0, 0.1) is 11.3 Å². The normalized spacial score (nSPS) is 12.3. The minimum atomic E-state index is -4.92. The van der Waals surface area contributed by atoms with E-state index in [1.807, 2.05) is 0 Å². The molecule has 0 N–H and O–H groups in total. The zero-order chi connectivity index (χ0) is 22.1. The molecule has 0 saturated heterocycles. The Morgan fingerprint density at radius 3 is 2.38 bits per heavy atom. The van der Waals surface area contributed by atoms with E-state index in [2.05, 4.69) is 21.7 Å². The van der Waals surface area contributed by atoms with Crippen LogP contribution in [0.2, 0.25) is 5.02 Å². The number of nitrogens with zero attached hydrogens (tertiary/aromatic N) is 6. The number of nitriles is 1. The zero-order valence-corrected chi connectivity index (χ0v) is 15.5. The molecular formula is C16H11ClF6N6. The molecule has 2 aromatic rings. The highest BCUT2D eigenvalue weighted by Crippen LogP contribution is 2.41. The molecule has 0 atom stereocenters. The van der Waals surface area contributed by atoms with Crippen LogP contribution in [0.25, 0.3) is 11.4 Å². The van der Waals surface area contributed by atoms with Crippen molar-refractivity contribution < 1.29 is 26.3 Å². The van der Waals surface area contributed by atoms with Crippen molar-refractivity contribution in [2.45, 2.75) is 12.4 Å². The predicted molar refractivity (Wildman–Crippen MR) is 93.0 cm³/mol. The monoisotopic (exact) mass is 436 g/mol. The quantitative estimate of drug-likeness (QED) is 0.399. The summed E-state index contributed by atoms with van der Waals surface area (Å²) in [5.41, 5.74) is -4.02. The van der Waals surface area contributed by atoms with E-state index in [0.717, 1.165) is 6.34 Å². The van der Waals surface area contributed by atoms with Crippen LogP contribution < -0.4 is 0 Å². The first kappa shape index (κ1) is 22.2. The SMILES string of the molecule is C=C(c1c(C#N)nn(-c2ncc(C(F)(F)F)cc2Cl)c1N=CN(C)C)C(F)(F)F. The van der Waals surface area contributed by atoms with Crippen LogP contribution in [-0.2, 0) is 6.18 Å². The van der Waals surface area contributed by atoms with E-state index in [0.29, 0.717) is 16.9 Å². The molecular weight excluding hydrogens is 426 g/mol. The molecule has 0 radical (unpaired) electrons. The number of aliphatic imine (C=N–C) groups is 1. The lowest BCUT2D eigenvalue weighted by molar-refractivity contribution is -0.137. The van der Waals surface area contributed by atoms with E-state index in [4.69, 9.17) is 11.6 Å². The van der Waals surface area contributed by atoms with Gasteiger partial charge in [-0.05, 0) is 6.07 Å². The third kappa shape index (κ3) is 4.68. The van der Waals surface area contributed by atoms with Crippen molar-refractivity contribution in [1.29, 1.82) is 5.26 Å². The fourth-order valence-corrected chi connectivity index (χ4v) is 2.33. The van der Waals surface area contributed by atoms with Gasteiger partial charge in [-0.2, -0.15) is 41.4 Å². The smallest absolute Gasteiger partial charge is 0.369 e. The highest BCUT2D eigenvalue weighted by Gasteiger charge is 2.39. The van der Waals surface area contributed by atoms with Crippen molar-refractivity contribution in [1.82, 2.24) is 19.7 Å². The summed E-state index contributed by atoms with van der Waals surface area (Å²) in [7, 11) is 3.05. The average Bonchev–Trinajstić information content (AvgIpc) is 2.95. The van der Waals surface area contributed by atoms with Gasteiger partial charge in [-0.25, -0.2) is 9.98 Å². The maximum Gasteiger partial charge on any atom is 0.417 e. The molecule has 2 rings (SSSR count). The third-order valence-electron chi connectivity index (χ3n) is 3.37. The molecule has 0 saturated carbocycles. The van der Waals surface area contributed by atoms with Gasteiger partial charge in [-0.3, -0.25) is 0 Å². The minimum absolute atomic E-state index is 0.437. The van der Waals surface area contributed by atoms with Crippen molar-refractivity contribution in [3.63, 3.8) is 0 Å². The standard InChI is InChI=1S/C16H11ClF6N6/c1-8(15(18,19)20)12-11(5-24)27-29(14(12)26-7-28(2)3)13-10(17)4-9(6-25-13)16(21,22)23/h4,6-7H,1H2,2-3H3. The summed E-state index contributed by atoms with van der Waals surface area (Å²) in [6, 6.07) is 2.03. The highest BCUT2D eigenvalue weighted by atomic mass is 35.5. The molecule has 154 valence electrons. The largest absolute Gasteiger partial charge is 0.417 e. The number of alkyl halides is 6. The summed E-state index contributed by atoms with van der Waals surface area (Å²) >= 11 is 5.87. The molecule has 0 aromatic carbocycles. The second-order valence-corrected chi connectivity index (χ2v) is 6.19. The van der Waals surface area contributed by atoms with Crippen LogP contribution in [0.15, 0.2) is 23.8 Å². The lowest BCUT2D eigenvalue weighted by Crippen LogP contribution is -2.11. The summed E-state index contributed by atoms with van der Waals surface area (Å²) in [6.07, 6.45) is -8.11. The number of halogens is 7. The Labute approximate surface area is 165 Å². The predicted octanol–water partition coefficient (Wildman–Crippen LogP) is 4.61. The molecule has 0 bridgehead atoms. The number of hydrogen-bond acceptors (Lipinski definition) is 4. The van der Waals surface area contributed by atoms with Gasteiger partial charge >= 0.3 is 12.4 Å². The van der Waals surface area contributed by atoms with E-state index < -0.39 is 51.4 Å². The lowest BCUT2D eigenvalue weighted by atomic mass is 10.1. The number of rotatable bonds is 4. The molecule has 0 aliphatic rings. The Balaban J connectivity index is 2.81. The fraction of sp³-hybridized carbons (Fsp3) is 0.250. The molecule has 0 aliphatic carbocycles. The van der Waals surface area contributed by atoms with Crippen molar-refractivity contribution >= 4 is 29.3 Å². The molecule has 29 heavy (non-hydrogen) atoms. The summed E-state index contributed by atoms with van der Waals surface area (Å²) in [4.78, 5) is 8.80. The van der Waals surface area contributed by atoms with Gasteiger partial charge in [0.25, 0.3) is 0 Å². The summed E-state index contributed by atoms with van der Waals surface area (Å²) in [5.74, 6) is -0.963. The van der Waals surface area contributed by atoms with Gasteiger partial charge in [0.1, 0.15) is 6.07 Å². The van der Waals surface area contributed by atoms with E-state index >= 15 is 0 Å². The van der Waals surface area contributed by atoms with Gasteiger partial charge in [0.15, 0.2) is 17.3 Å². The molecule has 13 heteroatoms. The second kappa shape index (κ2) is 7.75. The fourth-order valence-electron chi connectivity index (χ4n) is 2.09. The Hall–Kier alpha value is -3.07. The molecule has 2 aromatic heterocycles. The first-order valence-corrected chi connectivity index (χ1v) is 7.88. The second-order valence-electron chi connectivity index (χ2n) is 5.78. The number of allylic oxidation sites excluding steroid dienone is 1. The maximum atomic E-state index is 13.2. The van der Waals surface area contributed by atoms with E-state index in [9.17, 15) is 31.6 Å². The van der Waals surface area contributed by atoms with Gasteiger partial charge in [-0.15, -0.1) is 0 Å². The minimum Gasteiger partial charge on any atom is -0.369 e. The highest BCUT2D eigenvalue weighted by molar-refractivity contribution is 6.32. The Bertz CT molecular complexity index is 1010.